The van der Waals surface area contributed by atoms with Gasteiger partial charge in [0.2, 0.25) is 17.0 Å². The van der Waals surface area contributed by atoms with Crippen LogP contribution in [0.2, 0.25) is 0 Å². The van der Waals surface area contributed by atoms with Gasteiger partial charge in [0.1, 0.15) is 0 Å². The maximum atomic E-state index is 12.2. The highest BCUT2D eigenvalue weighted by Gasteiger charge is 2.32. The van der Waals surface area contributed by atoms with Crippen LogP contribution in [0.5, 0.6) is 0 Å². The molecule has 13 heteroatoms. The number of aliphatic hydroxyl groups excluding tert-OH is 1. The summed E-state index contributed by atoms with van der Waals surface area (Å²) in [5.41, 5.74) is 6.08. The number of para-hydroxylation sites is 1. The monoisotopic (exact) mass is 632 g/mol. The Hall–Kier alpha value is -4.14. The highest BCUT2D eigenvalue weighted by molar-refractivity contribution is 7.99. The molecule has 0 saturated carbocycles. The lowest BCUT2D eigenvalue weighted by molar-refractivity contribution is -0.245. The number of aromatic nitrogens is 4. The molecule has 1 aromatic heterocycles. The number of amides is 2. The van der Waals surface area contributed by atoms with E-state index in [0.717, 1.165) is 27.9 Å². The first-order valence-corrected chi connectivity index (χ1v) is 15.8. The van der Waals surface area contributed by atoms with Gasteiger partial charge in [-0.3, -0.25) is 14.8 Å². The van der Waals surface area contributed by atoms with E-state index in [-0.39, 0.29) is 31.1 Å². The van der Waals surface area contributed by atoms with E-state index in [1.54, 1.807) is 10.2 Å². The van der Waals surface area contributed by atoms with E-state index in [1.165, 1.54) is 11.8 Å². The van der Waals surface area contributed by atoms with Crippen molar-refractivity contribution in [2.75, 3.05) is 5.75 Å². The smallest absolute Gasteiger partial charge is 0.243 e. The average Bonchev–Trinajstić information content (AvgIpc) is 3.57. The number of tetrazole rings is 1. The molecular formula is C32H36N6O6S. The summed E-state index contributed by atoms with van der Waals surface area (Å²) in [5, 5.41) is 33.8. The molecule has 12 nitrogen and oxygen atoms in total. The Balaban J connectivity index is 1.22. The summed E-state index contributed by atoms with van der Waals surface area (Å²) in [6, 6.07) is 25.2. The zero-order chi connectivity index (χ0) is 31.4. The number of nitrogens with zero attached hydrogens (tertiary/aromatic N) is 4. The number of rotatable bonds is 14. The Morgan fingerprint density at radius 2 is 1.58 bits per heavy atom. The Kier molecular flexibility index (Phi) is 11.6. The van der Waals surface area contributed by atoms with E-state index >= 15 is 0 Å². The largest absolute Gasteiger partial charge is 0.392 e. The van der Waals surface area contributed by atoms with Gasteiger partial charge in [-0.2, -0.15) is 4.68 Å². The predicted octanol–water partition coefficient (Wildman–Crippen LogP) is 4.17. The molecule has 1 fully saturated rings. The van der Waals surface area contributed by atoms with Crippen LogP contribution in [0, 0.1) is 0 Å². The number of aliphatic hydroxyl groups is 1. The first kappa shape index (κ1) is 32.3. The van der Waals surface area contributed by atoms with Crippen LogP contribution < -0.4 is 10.8 Å². The number of thioether (sulfide) groups is 1. The van der Waals surface area contributed by atoms with E-state index in [4.69, 9.17) is 14.7 Å². The molecule has 5 rings (SSSR count). The molecule has 1 aliphatic rings. The molecule has 0 aliphatic carbocycles. The van der Waals surface area contributed by atoms with Crippen molar-refractivity contribution in [3.63, 3.8) is 0 Å². The Morgan fingerprint density at radius 1 is 0.889 bits per heavy atom. The minimum Gasteiger partial charge on any atom is -0.392 e. The topological polar surface area (TPSA) is 161 Å². The third-order valence-electron chi connectivity index (χ3n) is 7.38. The highest BCUT2D eigenvalue weighted by atomic mass is 32.2. The third-order valence-corrected chi connectivity index (χ3v) is 8.43. The van der Waals surface area contributed by atoms with Crippen molar-refractivity contribution in [1.29, 1.82) is 0 Å². The number of hydrogen-bond acceptors (Lipinski definition) is 10. The summed E-state index contributed by atoms with van der Waals surface area (Å²) >= 11 is 1.52. The fraction of sp³-hybridized carbons (Fsp3) is 0.344. The number of benzene rings is 3. The lowest BCUT2D eigenvalue weighted by Crippen LogP contribution is -2.31. The second-order valence-electron chi connectivity index (χ2n) is 10.6. The minimum atomic E-state index is -0.614. The van der Waals surface area contributed by atoms with Gasteiger partial charge < -0.3 is 19.9 Å². The lowest BCUT2D eigenvalue weighted by Gasteiger charge is -2.36. The molecule has 1 aliphatic heterocycles. The number of nitrogens with one attached hydrogen (secondary N) is 2. The average molecular weight is 633 g/mol. The van der Waals surface area contributed by atoms with Crippen LogP contribution in [0.1, 0.15) is 66.8 Å². The van der Waals surface area contributed by atoms with Gasteiger partial charge in [-0.05, 0) is 52.1 Å². The van der Waals surface area contributed by atoms with Gasteiger partial charge in [-0.1, -0.05) is 78.5 Å². The van der Waals surface area contributed by atoms with Gasteiger partial charge in [0, 0.05) is 37.1 Å². The number of ether oxygens (including phenoxy) is 2. The molecule has 236 valence electrons. The summed E-state index contributed by atoms with van der Waals surface area (Å²) in [6.45, 7) is 0.348. The van der Waals surface area contributed by atoms with Crippen LogP contribution in [-0.4, -0.2) is 54.2 Å². The predicted molar refractivity (Wildman–Crippen MR) is 165 cm³/mol. The van der Waals surface area contributed by atoms with Gasteiger partial charge in [0.15, 0.2) is 6.29 Å². The fourth-order valence-electron chi connectivity index (χ4n) is 4.90. The van der Waals surface area contributed by atoms with Crippen LogP contribution >= 0.6 is 11.8 Å². The molecule has 1 saturated heterocycles. The van der Waals surface area contributed by atoms with E-state index in [0.29, 0.717) is 43.1 Å². The van der Waals surface area contributed by atoms with Gasteiger partial charge in [-0.25, -0.2) is 5.48 Å². The van der Waals surface area contributed by atoms with E-state index in [1.807, 2.05) is 78.9 Å². The molecule has 45 heavy (non-hydrogen) atoms. The first-order valence-electron chi connectivity index (χ1n) is 14.8. The van der Waals surface area contributed by atoms with Crippen molar-refractivity contribution < 1.29 is 29.4 Å². The van der Waals surface area contributed by atoms with Crippen molar-refractivity contribution in [3.05, 3.63) is 101 Å². The molecule has 2 amide bonds. The van der Waals surface area contributed by atoms with E-state index in [2.05, 4.69) is 20.8 Å². The summed E-state index contributed by atoms with van der Waals surface area (Å²) < 4.78 is 14.6. The number of hydroxylamine groups is 1. The molecule has 3 atom stereocenters. The molecule has 0 spiro atoms. The van der Waals surface area contributed by atoms with Crippen LogP contribution in [0.25, 0.3) is 5.69 Å². The second-order valence-corrected chi connectivity index (χ2v) is 11.6. The number of unbranched alkanes of at least 4 members (excludes halogenated alkanes) is 1. The van der Waals surface area contributed by atoms with Gasteiger partial charge >= 0.3 is 0 Å². The zero-order valence-corrected chi connectivity index (χ0v) is 25.4. The minimum absolute atomic E-state index is 0.0247. The first-order chi connectivity index (χ1) is 22.0. The quantitative estimate of drug-likeness (QED) is 0.0687. The van der Waals surface area contributed by atoms with Crippen molar-refractivity contribution >= 4 is 23.6 Å². The van der Waals surface area contributed by atoms with Crippen LogP contribution in [-0.2, 0) is 32.2 Å². The van der Waals surface area contributed by atoms with Crippen LogP contribution in [0.4, 0.5) is 0 Å². The summed E-state index contributed by atoms with van der Waals surface area (Å²) in [5.74, 6) is 0.0472. The molecule has 0 bridgehead atoms. The third kappa shape index (κ3) is 9.19. The summed E-state index contributed by atoms with van der Waals surface area (Å²) in [6.07, 6.45) is 1.18. The van der Waals surface area contributed by atoms with Gasteiger partial charge in [-0.15, -0.1) is 5.10 Å². The number of carbonyl (C=O) groups excluding carboxylic acids is 2. The summed E-state index contributed by atoms with van der Waals surface area (Å²) in [4.78, 5) is 23.3. The van der Waals surface area contributed by atoms with Gasteiger partial charge in [0.05, 0.1) is 24.5 Å². The van der Waals surface area contributed by atoms with Crippen molar-refractivity contribution in [2.24, 2.45) is 0 Å². The maximum absolute atomic E-state index is 12.2. The lowest BCUT2D eigenvalue weighted by atomic mass is 10.0. The van der Waals surface area contributed by atoms with Crippen LogP contribution in [0.15, 0.2) is 84.0 Å². The van der Waals surface area contributed by atoms with Crippen molar-refractivity contribution in [2.45, 2.75) is 68.9 Å². The van der Waals surface area contributed by atoms with E-state index < -0.39 is 12.2 Å². The molecule has 4 N–H and O–H groups in total. The second kappa shape index (κ2) is 16.3. The standard InChI is InChI=1S/C32H36N6O6S/c39-20-23-12-14-24(15-13-23)28-18-27(21-45-32-34-36-37-38(32)26-6-2-1-3-7-26)43-31(44-28)25-16-10-22(11-17-25)19-33-29(40)8-4-5-9-30(41)35-42/h1-3,6-7,10-17,27-28,31,39,42H,4-5,8-9,18-21H2,(H,33,40)(H,35,41). The molecule has 4 aromatic rings. The van der Waals surface area contributed by atoms with Gasteiger partial charge in [0.25, 0.3) is 0 Å². The highest BCUT2D eigenvalue weighted by Crippen LogP contribution is 2.39. The molecule has 2 heterocycles. The van der Waals surface area contributed by atoms with E-state index in [9.17, 15) is 14.7 Å². The Bertz CT molecular complexity index is 1520. The van der Waals surface area contributed by atoms with Crippen molar-refractivity contribution in [1.82, 2.24) is 31.0 Å². The Labute approximate surface area is 265 Å². The summed E-state index contributed by atoms with van der Waals surface area (Å²) in [7, 11) is 0. The molecule has 3 unspecified atom stereocenters. The maximum Gasteiger partial charge on any atom is 0.243 e. The van der Waals surface area contributed by atoms with Crippen molar-refractivity contribution in [3.8, 4) is 5.69 Å². The van der Waals surface area contributed by atoms with Crippen LogP contribution in [0.3, 0.4) is 0 Å². The number of hydrogen-bond donors (Lipinski definition) is 4. The molecule has 3 aromatic carbocycles. The Morgan fingerprint density at radius 3 is 2.29 bits per heavy atom. The fourth-order valence-corrected chi connectivity index (χ4v) is 5.81. The number of carbonyl (C=O) groups is 2. The molecular weight excluding hydrogens is 596 g/mol. The SMILES string of the molecule is O=C(CCCCC(=O)NCc1ccc(C2OC(CSc3nnnn3-c3ccccc3)CC(c3ccc(CO)cc3)O2)cc1)NO. The molecule has 0 radical (unpaired) electrons. The normalized spacial score (nSPS) is 18.0. The zero-order valence-electron chi connectivity index (χ0n) is 24.6.